The smallest absolute Gasteiger partial charge is 0.261 e. The molecule has 1 saturated heterocycles. The van der Waals surface area contributed by atoms with Crippen molar-refractivity contribution in [2.45, 2.75) is 33.0 Å². The lowest BCUT2D eigenvalue weighted by Gasteiger charge is -2.32. The molecule has 0 aromatic heterocycles. The zero-order chi connectivity index (χ0) is 21.5. The first-order valence-electron chi connectivity index (χ1n) is 10.4. The van der Waals surface area contributed by atoms with Crippen LogP contribution in [-0.2, 0) is 17.9 Å². The van der Waals surface area contributed by atoms with Crippen molar-refractivity contribution in [1.82, 2.24) is 15.1 Å². The fourth-order valence-electron chi connectivity index (χ4n) is 3.48. The molecule has 0 saturated carbocycles. The SMILES string of the molecule is CC(=O)c1cccc(OC(C)C(=O)NCc2cccc(CN3CCN(C)CC3)c2)c1. The zero-order valence-electron chi connectivity index (χ0n) is 18.1. The summed E-state index contributed by atoms with van der Waals surface area (Å²) < 4.78 is 5.71. The average molecular weight is 410 g/mol. The first-order chi connectivity index (χ1) is 14.4. The number of nitrogens with one attached hydrogen (secondary N) is 1. The molecule has 160 valence electrons. The molecule has 1 unspecified atom stereocenters. The van der Waals surface area contributed by atoms with E-state index in [0.29, 0.717) is 17.9 Å². The molecule has 2 aromatic rings. The highest BCUT2D eigenvalue weighted by Crippen LogP contribution is 2.16. The van der Waals surface area contributed by atoms with Crippen molar-refractivity contribution < 1.29 is 14.3 Å². The third-order valence-electron chi connectivity index (χ3n) is 5.38. The van der Waals surface area contributed by atoms with Gasteiger partial charge in [0.05, 0.1) is 0 Å². The van der Waals surface area contributed by atoms with Crippen LogP contribution in [0.5, 0.6) is 5.75 Å². The van der Waals surface area contributed by atoms with Crippen molar-refractivity contribution in [3.8, 4) is 5.75 Å². The number of ketones is 1. The molecule has 2 aromatic carbocycles. The van der Waals surface area contributed by atoms with E-state index in [4.69, 9.17) is 4.74 Å². The summed E-state index contributed by atoms with van der Waals surface area (Å²) in [6, 6.07) is 15.2. The topological polar surface area (TPSA) is 61.9 Å². The van der Waals surface area contributed by atoms with Crippen molar-refractivity contribution in [1.29, 1.82) is 0 Å². The highest BCUT2D eigenvalue weighted by Gasteiger charge is 2.16. The van der Waals surface area contributed by atoms with Gasteiger partial charge in [0.15, 0.2) is 11.9 Å². The van der Waals surface area contributed by atoms with Gasteiger partial charge in [-0.3, -0.25) is 14.5 Å². The maximum Gasteiger partial charge on any atom is 0.261 e. The van der Waals surface area contributed by atoms with Gasteiger partial charge >= 0.3 is 0 Å². The zero-order valence-corrected chi connectivity index (χ0v) is 18.1. The molecule has 0 radical (unpaired) electrons. The van der Waals surface area contributed by atoms with Crippen molar-refractivity contribution in [3.05, 3.63) is 65.2 Å². The summed E-state index contributed by atoms with van der Waals surface area (Å²) in [5, 5.41) is 2.94. The number of amides is 1. The fourth-order valence-corrected chi connectivity index (χ4v) is 3.48. The minimum absolute atomic E-state index is 0.0333. The third kappa shape index (κ3) is 6.40. The lowest BCUT2D eigenvalue weighted by Crippen LogP contribution is -2.43. The van der Waals surface area contributed by atoms with Crippen LogP contribution in [0.25, 0.3) is 0 Å². The Bertz CT molecular complexity index is 876. The number of carbonyl (C=O) groups is 2. The summed E-state index contributed by atoms with van der Waals surface area (Å²) in [5.41, 5.74) is 2.90. The molecular formula is C24H31N3O3. The molecule has 30 heavy (non-hydrogen) atoms. The number of ether oxygens (including phenoxy) is 1. The van der Waals surface area contributed by atoms with Crippen LogP contribution < -0.4 is 10.1 Å². The van der Waals surface area contributed by atoms with Gasteiger partial charge in [0.1, 0.15) is 5.75 Å². The summed E-state index contributed by atoms with van der Waals surface area (Å²) in [6.45, 7) is 8.96. The number of hydrogen-bond donors (Lipinski definition) is 1. The van der Waals surface area contributed by atoms with E-state index < -0.39 is 6.10 Å². The second-order valence-electron chi connectivity index (χ2n) is 7.96. The number of Topliss-reactive ketones (excluding diaryl/α,β-unsaturated/α-hetero) is 1. The van der Waals surface area contributed by atoms with Crippen LogP contribution in [-0.4, -0.2) is 60.8 Å². The summed E-state index contributed by atoms with van der Waals surface area (Å²) in [6.07, 6.45) is -0.652. The number of carbonyl (C=O) groups excluding carboxylic acids is 2. The molecule has 1 N–H and O–H groups in total. The molecule has 1 heterocycles. The van der Waals surface area contributed by atoms with Crippen LogP contribution in [0.2, 0.25) is 0 Å². The molecule has 6 heteroatoms. The molecular weight excluding hydrogens is 378 g/mol. The lowest BCUT2D eigenvalue weighted by atomic mass is 10.1. The molecule has 1 aliphatic heterocycles. The molecule has 0 spiro atoms. The predicted molar refractivity (Wildman–Crippen MR) is 118 cm³/mol. The van der Waals surface area contributed by atoms with Gasteiger partial charge in [-0.25, -0.2) is 0 Å². The quantitative estimate of drug-likeness (QED) is 0.680. The Morgan fingerprint density at radius 2 is 1.73 bits per heavy atom. The fraction of sp³-hybridized carbons (Fsp3) is 0.417. The maximum atomic E-state index is 12.5. The van der Waals surface area contributed by atoms with E-state index in [1.54, 1.807) is 31.2 Å². The van der Waals surface area contributed by atoms with Crippen LogP contribution >= 0.6 is 0 Å². The van der Waals surface area contributed by atoms with Gasteiger partial charge in [0, 0.05) is 44.8 Å². The van der Waals surface area contributed by atoms with Crippen LogP contribution in [0.4, 0.5) is 0 Å². The highest BCUT2D eigenvalue weighted by atomic mass is 16.5. The van der Waals surface area contributed by atoms with E-state index in [1.807, 2.05) is 12.1 Å². The Morgan fingerprint density at radius 1 is 1.03 bits per heavy atom. The Morgan fingerprint density at radius 3 is 2.47 bits per heavy atom. The van der Waals surface area contributed by atoms with Gasteiger partial charge in [-0.2, -0.15) is 0 Å². The number of nitrogens with zero attached hydrogens (tertiary/aromatic N) is 2. The van der Waals surface area contributed by atoms with Crippen molar-refractivity contribution in [3.63, 3.8) is 0 Å². The van der Waals surface area contributed by atoms with Gasteiger partial charge in [0.25, 0.3) is 5.91 Å². The standard InChI is InChI=1S/C24H31N3O3/c1-18(28)22-8-5-9-23(15-22)30-19(2)24(29)25-16-20-6-4-7-21(14-20)17-27-12-10-26(3)11-13-27/h4-9,14-15,19H,10-13,16-17H2,1-3H3,(H,25,29). The molecule has 3 rings (SSSR count). The second kappa shape index (κ2) is 10.4. The predicted octanol–water partition coefficient (Wildman–Crippen LogP) is 2.72. The van der Waals surface area contributed by atoms with Crippen LogP contribution in [0, 0.1) is 0 Å². The van der Waals surface area contributed by atoms with E-state index in [-0.39, 0.29) is 11.7 Å². The number of piperazine rings is 1. The van der Waals surface area contributed by atoms with Crippen molar-refractivity contribution in [2.24, 2.45) is 0 Å². The van der Waals surface area contributed by atoms with E-state index >= 15 is 0 Å². The number of likely N-dealkylation sites (N-methyl/N-ethyl adjacent to an activating group) is 1. The first kappa shape index (κ1) is 22.0. The molecule has 1 fully saturated rings. The summed E-state index contributed by atoms with van der Waals surface area (Å²) in [4.78, 5) is 28.8. The summed E-state index contributed by atoms with van der Waals surface area (Å²) in [5.74, 6) is 0.293. The van der Waals surface area contributed by atoms with E-state index in [1.165, 1.54) is 12.5 Å². The van der Waals surface area contributed by atoms with Gasteiger partial charge in [-0.05, 0) is 44.2 Å². The third-order valence-corrected chi connectivity index (χ3v) is 5.38. The van der Waals surface area contributed by atoms with Crippen LogP contribution in [0.15, 0.2) is 48.5 Å². The Balaban J connectivity index is 1.50. The number of benzene rings is 2. The van der Waals surface area contributed by atoms with Crippen LogP contribution in [0.1, 0.15) is 35.3 Å². The Labute approximate surface area is 178 Å². The average Bonchev–Trinajstić information content (AvgIpc) is 2.74. The van der Waals surface area contributed by atoms with Gasteiger partial charge in [-0.15, -0.1) is 0 Å². The molecule has 1 atom stereocenters. The van der Waals surface area contributed by atoms with Crippen molar-refractivity contribution >= 4 is 11.7 Å². The highest BCUT2D eigenvalue weighted by molar-refractivity contribution is 5.94. The summed E-state index contributed by atoms with van der Waals surface area (Å²) in [7, 11) is 2.16. The molecule has 0 bridgehead atoms. The molecule has 1 amide bonds. The van der Waals surface area contributed by atoms with Gasteiger partial charge in [0.2, 0.25) is 0 Å². The van der Waals surface area contributed by atoms with E-state index in [2.05, 4.69) is 34.3 Å². The second-order valence-corrected chi connectivity index (χ2v) is 7.96. The van der Waals surface area contributed by atoms with E-state index in [0.717, 1.165) is 38.3 Å². The Hall–Kier alpha value is -2.70. The molecule has 1 aliphatic rings. The van der Waals surface area contributed by atoms with Gasteiger partial charge < -0.3 is 15.0 Å². The van der Waals surface area contributed by atoms with Crippen LogP contribution in [0.3, 0.4) is 0 Å². The first-order valence-corrected chi connectivity index (χ1v) is 10.4. The minimum Gasteiger partial charge on any atom is -0.481 e. The number of rotatable bonds is 8. The largest absolute Gasteiger partial charge is 0.481 e. The maximum absolute atomic E-state index is 12.5. The lowest BCUT2D eigenvalue weighted by molar-refractivity contribution is -0.127. The number of hydrogen-bond acceptors (Lipinski definition) is 5. The normalized spacial score (nSPS) is 16.1. The van der Waals surface area contributed by atoms with Crippen molar-refractivity contribution in [2.75, 3.05) is 33.2 Å². The minimum atomic E-state index is -0.652. The monoisotopic (exact) mass is 409 g/mol. The Kier molecular flexibility index (Phi) is 7.60. The van der Waals surface area contributed by atoms with E-state index in [9.17, 15) is 9.59 Å². The molecule has 6 nitrogen and oxygen atoms in total. The molecule has 0 aliphatic carbocycles. The van der Waals surface area contributed by atoms with Gasteiger partial charge in [-0.1, -0.05) is 36.4 Å². The summed E-state index contributed by atoms with van der Waals surface area (Å²) >= 11 is 0.